The fourth-order valence-corrected chi connectivity index (χ4v) is 3.50. The largest absolute Gasteiger partial charge is 0.378 e. The van der Waals surface area contributed by atoms with Crippen LogP contribution in [-0.2, 0) is 9.47 Å². The summed E-state index contributed by atoms with van der Waals surface area (Å²) in [5.74, 6) is 0.556. The van der Waals surface area contributed by atoms with Crippen molar-refractivity contribution in [2.75, 3.05) is 33.4 Å². The molecule has 2 heterocycles. The van der Waals surface area contributed by atoms with E-state index >= 15 is 0 Å². The molecular weight excluding hydrogens is 252 g/mol. The zero-order chi connectivity index (χ0) is 14.6. The Morgan fingerprint density at radius 3 is 2.65 bits per heavy atom. The third-order valence-corrected chi connectivity index (χ3v) is 5.17. The van der Waals surface area contributed by atoms with Crippen LogP contribution in [0.15, 0.2) is 0 Å². The molecular formula is C16H32N2O2. The van der Waals surface area contributed by atoms with Crippen molar-refractivity contribution in [3.63, 3.8) is 0 Å². The van der Waals surface area contributed by atoms with Gasteiger partial charge in [0.05, 0.1) is 12.2 Å². The highest BCUT2D eigenvalue weighted by Crippen LogP contribution is 2.33. The summed E-state index contributed by atoms with van der Waals surface area (Å²) in [5, 5.41) is 0. The molecule has 2 fully saturated rings. The first-order chi connectivity index (χ1) is 9.57. The zero-order valence-corrected chi connectivity index (χ0v) is 13.4. The van der Waals surface area contributed by atoms with E-state index in [9.17, 15) is 0 Å². The molecule has 4 heteroatoms. The van der Waals surface area contributed by atoms with Gasteiger partial charge in [0.25, 0.3) is 0 Å². The number of nitrogens with zero attached hydrogens (tertiary/aromatic N) is 1. The van der Waals surface area contributed by atoms with Gasteiger partial charge in [-0.2, -0.15) is 0 Å². The summed E-state index contributed by atoms with van der Waals surface area (Å²) >= 11 is 0. The monoisotopic (exact) mass is 284 g/mol. The van der Waals surface area contributed by atoms with Crippen molar-refractivity contribution in [1.82, 2.24) is 4.90 Å². The van der Waals surface area contributed by atoms with Gasteiger partial charge in [-0.3, -0.25) is 4.90 Å². The van der Waals surface area contributed by atoms with Crippen LogP contribution >= 0.6 is 0 Å². The summed E-state index contributed by atoms with van der Waals surface area (Å²) in [5.41, 5.74) is 6.26. The Morgan fingerprint density at radius 1 is 1.25 bits per heavy atom. The fourth-order valence-electron chi connectivity index (χ4n) is 3.50. The van der Waals surface area contributed by atoms with E-state index in [1.807, 2.05) is 0 Å². The Kier molecular flexibility index (Phi) is 5.84. The Hall–Kier alpha value is -0.160. The lowest BCUT2D eigenvalue weighted by Crippen LogP contribution is -2.59. The number of hydrogen-bond acceptors (Lipinski definition) is 4. The van der Waals surface area contributed by atoms with Gasteiger partial charge in [0.1, 0.15) is 0 Å². The Bertz CT molecular complexity index is 292. The molecule has 2 aliphatic rings. The number of hydrogen-bond donors (Lipinski definition) is 1. The molecule has 4 nitrogen and oxygen atoms in total. The topological polar surface area (TPSA) is 47.7 Å². The standard InChI is InChI=1S/C16H32N2O2/c1-13(2)15-10-16(12-17,7-9-20-15)18(3)11-14-6-4-5-8-19-14/h13-15H,4-12,17H2,1-3H3. The van der Waals surface area contributed by atoms with E-state index in [-0.39, 0.29) is 5.54 Å². The molecule has 118 valence electrons. The van der Waals surface area contributed by atoms with E-state index in [0.717, 1.165) is 32.6 Å². The van der Waals surface area contributed by atoms with Crippen molar-refractivity contribution in [3.05, 3.63) is 0 Å². The first-order valence-electron chi connectivity index (χ1n) is 8.22. The maximum atomic E-state index is 6.17. The molecule has 3 atom stereocenters. The minimum Gasteiger partial charge on any atom is -0.378 e. The van der Waals surface area contributed by atoms with E-state index in [4.69, 9.17) is 15.2 Å². The summed E-state index contributed by atoms with van der Waals surface area (Å²) in [6.45, 7) is 7.94. The minimum atomic E-state index is 0.0913. The molecule has 20 heavy (non-hydrogen) atoms. The van der Waals surface area contributed by atoms with Crippen molar-refractivity contribution >= 4 is 0 Å². The molecule has 0 saturated carbocycles. The molecule has 0 aliphatic carbocycles. The van der Waals surface area contributed by atoms with Crippen LogP contribution in [0.5, 0.6) is 0 Å². The van der Waals surface area contributed by atoms with Crippen LogP contribution in [0.1, 0.15) is 46.0 Å². The van der Waals surface area contributed by atoms with Crippen LogP contribution in [0.4, 0.5) is 0 Å². The van der Waals surface area contributed by atoms with Gasteiger partial charge in [-0.15, -0.1) is 0 Å². The lowest BCUT2D eigenvalue weighted by molar-refractivity contribution is -0.0956. The zero-order valence-electron chi connectivity index (χ0n) is 13.4. The predicted octanol–water partition coefficient (Wildman–Crippen LogP) is 2.02. The van der Waals surface area contributed by atoms with Gasteiger partial charge in [-0.25, -0.2) is 0 Å². The first-order valence-corrected chi connectivity index (χ1v) is 8.22. The van der Waals surface area contributed by atoms with Crippen LogP contribution in [0, 0.1) is 5.92 Å². The second-order valence-corrected chi connectivity index (χ2v) is 6.90. The first kappa shape index (κ1) is 16.2. The number of rotatable bonds is 5. The Labute approximate surface area is 124 Å². The average molecular weight is 284 g/mol. The van der Waals surface area contributed by atoms with Crippen molar-refractivity contribution in [3.8, 4) is 0 Å². The van der Waals surface area contributed by atoms with E-state index in [1.54, 1.807) is 0 Å². The van der Waals surface area contributed by atoms with Gasteiger partial charge >= 0.3 is 0 Å². The summed E-state index contributed by atoms with van der Waals surface area (Å²) in [6.07, 6.45) is 6.51. The number of ether oxygens (including phenoxy) is 2. The molecule has 2 aliphatic heterocycles. The summed E-state index contributed by atoms with van der Waals surface area (Å²) < 4.78 is 11.8. The molecule has 2 rings (SSSR count). The highest BCUT2D eigenvalue weighted by molar-refractivity contribution is 4.96. The molecule has 0 spiro atoms. The third-order valence-electron chi connectivity index (χ3n) is 5.17. The van der Waals surface area contributed by atoms with Crippen LogP contribution in [-0.4, -0.2) is 56.0 Å². The van der Waals surface area contributed by atoms with Crippen LogP contribution < -0.4 is 5.73 Å². The number of likely N-dealkylation sites (N-methyl/N-ethyl adjacent to an activating group) is 1. The van der Waals surface area contributed by atoms with E-state index in [2.05, 4.69) is 25.8 Å². The quantitative estimate of drug-likeness (QED) is 0.839. The normalized spacial score (nSPS) is 35.7. The van der Waals surface area contributed by atoms with Gasteiger partial charge in [0.15, 0.2) is 0 Å². The summed E-state index contributed by atoms with van der Waals surface area (Å²) in [4.78, 5) is 2.46. The number of nitrogens with two attached hydrogens (primary N) is 1. The molecule has 2 N–H and O–H groups in total. The highest BCUT2D eigenvalue weighted by atomic mass is 16.5. The molecule has 0 bridgehead atoms. The molecule has 0 aromatic heterocycles. The van der Waals surface area contributed by atoms with Crippen molar-refractivity contribution in [2.45, 2.75) is 63.7 Å². The molecule has 0 amide bonds. The molecule has 0 radical (unpaired) electrons. The maximum absolute atomic E-state index is 6.17. The minimum absolute atomic E-state index is 0.0913. The predicted molar refractivity (Wildman–Crippen MR) is 81.8 cm³/mol. The van der Waals surface area contributed by atoms with Crippen LogP contribution in [0.25, 0.3) is 0 Å². The second kappa shape index (κ2) is 7.21. The van der Waals surface area contributed by atoms with Gasteiger partial charge in [-0.05, 0) is 45.1 Å². The second-order valence-electron chi connectivity index (χ2n) is 6.90. The SMILES string of the molecule is CC(C)C1CC(CN)(N(C)CC2CCCCO2)CCO1. The van der Waals surface area contributed by atoms with Crippen LogP contribution in [0.2, 0.25) is 0 Å². The van der Waals surface area contributed by atoms with Crippen LogP contribution in [0.3, 0.4) is 0 Å². The van der Waals surface area contributed by atoms with E-state index in [0.29, 0.717) is 24.7 Å². The van der Waals surface area contributed by atoms with E-state index in [1.165, 1.54) is 19.3 Å². The van der Waals surface area contributed by atoms with Gasteiger partial charge in [0.2, 0.25) is 0 Å². The summed E-state index contributed by atoms with van der Waals surface area (Å²) in [6, 6.07) is 0. The Balaban J connectivity index is 1.97. The van der Waals surface area contributed by atoms with Crippen molar-refractivity contribution in [2.24, 2.45) is 11.7 Å². The smallest absolute Gasteiger partial charge is 0.0702 e. The fraction of sp³-hybridized carbons (Fsp3) is 1.00. The molecule has 3 unspecified atom stereocenters. The molecule has 0 aromatic carbocycles. The Morgan fingerprint density at radius 2 is 2.05 bits per heavy atom. The summed E-state index contributed by atoms with van der Waals surface area (Å²) in [7, 11) is 2.22. The van der Waals surface area contributed by atoms with E-state index < -0.39 is 0 Å². The van der Waals surface area contributed by atoms with Crippen molar-refractivity contribution < 1.29 is 9.47 Å². The van der Waals surface area contributed by atoms with Crippen molar-refractivity contribution in [1.29, 1.82) is 0 Å². The van der Waals surface area contributed by atoms with Gasteiger partial charge < -0.3 is 15.2 Å². The average Bonchev–Trinajstić information content (AvgIpc) is 2.48. The maximum Gasteiger partial charge on any atom is 0.0702 e. The molecule has 2 saturated heterocycles. The van der Waals surface area contributed by atoms with Gasteiger partial charge in [-0.1, -0.05) is 13.8 Å². The lowest BCUT2D eigenvalue weighted by atomic mass is 9.81. The lowest BCUT2D eigenvalue weighted by Gasteiger charge is -2.48. The van der Waals surface area contributed by atoms with Gasteiger partial charge in [0, 0.05) is 31.8 Å². The highest BCUT2D eigenvalue weighted by Gasteiger charge is 2.40. The molecule has 0 aromatic rings. The third kappa shape index (κ3) is 3.73.